The first-order valence-corrected chi connectivity index (χ1v) is 7.88. The lowest BCUT2D eigenvalue weighted by atomic mass is 10.1. The van der Waals surface area contributed by atoms with E-state index in [-0.39, 0.29) is 0 Å². The molecule has 0 amide bonds. The van der Waals surface area contributed by atoms with Crippen LogP contribution in [0, 0.1) is 0 Å². The second-order valence-electron chi connectivity index (χ2n) is 5.08. The van der Waals surface area contributed by atoms with Gasteiger partial charge in [0.05, 0.1) is 12.8 Å². The molecule has 0 spiro atoms. The molecule has 0 atom stereocenters. The van der Waals surface area contributed by atoms with Crippen LogP contribution < -0.4 is 4.74 Å². The number of aromatic nitrogens is 6. The van der Waals surface area contributed by atoms with Crippen molar-refractivity contribution in [3.8, 4) is 16.5 Å². The maximum atomic E-state index is 5.18. The molecule has 7 nitrogen and oxygen atoms in total. The molecular formula is C15H14N6OS. The van der Waals surface area contributed by atoms with Crippen molar-refractivity contribution in [2.24, 2.45) is 7.05 Å². The summed E-state index contributed by atoms with van der Waals surface area (Å²) in [6.07, 6.45) is 2.43. The van der Waals surface area contributed by atoms with Crippen molar-refractivity contribution in [2.45, 2.75) is 6.42 Å². The third-order valence-corrected chi connectivity index (χ3v) is 4.54. The van der Waals surface area contributed by atoms with E-state index in [9.17, 15) is 0 Å². The van der Waals surface area contributed by atoms with Crippen molar-refractivity contribution in [1.29, 1.82) is 0 Å². The molecule has 0 aliphatic heterocycles. The lowest BCUT2D eigenvalue weighted by Crippen LogP contribution is -1.99. The predicted octanol–water partition coefficient (Wildman–Crippen LogP) is 2.19. The van der Waals surface area contributed by atoms with Crippen LogP contribution in [0.4, 0.5) is 0 Å². The number of rotatable bonds is 4. The minimum absolute atomic E-state index is 0.666. The summed E-state index contributed by atoms with van der Waals surface area (Å²) in [6, 6.07) is 9.86. The number of methoxy groups -OCH3 is 1. The van der Waals surface area contributed by atoms with Crippen LogP contribution in [0.3, 0.4) is 0 Å². The first kappa shape index (κ1) is 13.9. The Kier molecular flexibility index (Phi) is 3.30. The smallest absolute Gasteiger partial charge is 0.235 e. The maximum Gasteiger partial charge on any atom is 0.235 e. The predicted molar refractivity (Wildman–Crippen MR) is 86.7 cm³/mol. The van der Waals surface area contributed by atoms with E-state index in [1.807, 2.05) is 37.4 Å². The van der Waals surface area contributed by atoms with Crippen molar-refractivity contribution in [3.05, 3.63) is 47.9 Å². The quantitative estimate of drug-likeness (QED) is 0.575. The lowest BCUT2D eigenvalue weighted by molar-refractivity contribution is 0.414. The first-order chi connectivity index (χ1) is 11.2. The Morgan fingerprint density at radius 3 is 2.65 bits per heavy atom. The molecule has 0 aliphatic carbocycles. The summed E-state index contributed by atoms with van der Waals surface area (Å²) in [5.74, 6) is 1.65. The number of benzene rings is 1. The molecule has 0 radical (unpaired) electrons. The number of hydrogen-bond acceptors (Lipinski definition) is 6. The average molecular weight is 326 g/mol. The third-order valence-electron chi connectivity index (χ3n) is 3.62. The van der Waals surface area contributed by atoms with Gasteiger partial charge in [0.15, 0.2) is 10.8 Å². The van der Waals surface area contributed by atoms with Gasteiger partial charge in [-0.25, -0.2) is 0 Å². The van der Waals surface area contributed by atoms with Crippen molar-refractivity contribution in [3.63, 3.8) is 0 Å². The molecule has 3 heterocycles. The summed E-state index contributed by atoms with van der Waals surface area (Å²) >= 11 is 1.50. The molecule has 3 aromatic heterocycles. The Hall–Kier alpha value is -2.74. The molecule has 0 saturated heterocycles. The first-order valence-electron chi connectivity index (χ1n) is 7.07. The molecule has 1 aromatic carbocycles. The van der Waals surface area contributed by atoms with E-state index in [1.54, 1.807) is 22.5 Å². The van der Waals surface area contributed by atoms with Crippen LogP contribution in [0.2, 0.25) is 0 Å². The van der Waals surface area contributed by atoms with E-state index in [2.05, 4.69) is 20.4 Å². The number of hydrogen-bond donors (Lipinski definition) is 0. The summed E-state index contributed by atoms with van der Waals surface area (Å²) in [6.45, 7) is 0. The van der Waals surface area contributed by atoms with E-state index in [1.165, 1.54) is 11.3 Å². The molecule has 0 saturated carbocycles. The second-order valence-corrected chi connectivity index (χ2v) is 6.04. The summed E-state index contributed by atoms with van der Waals surface area (Å²) in [4.78, 5) is 0.782. The van der Waals surface area contributed by atoms with Gasteiger partial charge in [-0.1, -0.05) is 23.5 Å². The molecule has 23 heavy (non-hydrogen) atoms. The molecular weight excluding hydrogens is 312 g/mol. The maximum absolute atomic E-state index is 5.18. The highest BCUT2D eigenvalue weighted by molar-refractivity contribution is 7.19. The van der Waals surface area contributed by atoms with E-state index in [0.717, 1.165) is 32.8 Å². The third kappa shape index (κ3) is 2.46. The van der Waals surface area contributed by atoms with Gasteiger partial charge in [0, 0.05) is 19.7 Å². The fourth-order valence-electron chi connectivity index (χ4n) is 2.38. The number of fused-ring (bicyclic) bond motifs is 1. The second kappa shape index (κ2) is 5.47. The monoisotopic (exact) mass is 326 g/mol. The van der Waals surface area contributed by atoms with Crippen LogP contribution in [0.25, 0.3) is 15.7 Å². The topological polar surface area (TPSA) is 70.1 Å². The van der Waals surface area contributed by atoms with E-state index >= 15 is 0 Å². The van der Waals surface area contributed by atoms with Gasteiger partial charge in [0.1, 0.15) is 5.75 Å². The largest absolute Gasteiger partial charge is 0.497 e. The molecule has 0 aliphatic rings. The van der Waals surface area contributed by atoms with Crippen LogP contribution in [0.1, 0.15) is 11.4 Å². The van der Waals surface area contributed by atoms with E-state index < -0.39 is 0 Å². The van der Waals surface area contributed by atoms with Crippen LogP contribution in [-0.4, -0.2) is 36.7 Å². The van der Waals surface area contributed by atoms with Gasteiger partial charge in [-0.3, -0.25) is 4.68 Å². The summed E-state index contributed by atoms with van der Waals surface area (Å²) in [5.41, 5.74) is 2.10. The standard InChI is InChI=1S/C15H14N6OS/c1-20-12(7-8-16-20)14-19-21-13(17-18-15(21)23-14)9-10-3-5-11(22-2)6-4-10/h3-8H,9H2,1-2H3. The molecule has 0 N–H and O–H groups in total. The van der Waals surface area contributed by atoms with Crippen LogP contribution in [-0.2, 0) is 13.5 Å². The van der Waals surface area contributed by atoms with Gasteiger partial charge in [0.2, 0.25) is 4.96 Å². The van der Waals surface area contributed by atoms with Gasteiger partial charge in [-0.15, -0.1) is 10.2 Å². The van der Waals surface area contributed by atoms with Crippen LogP contribution in [0.5, 0.6) is 5.75 Å². The highest BCUT2D eigenvalue weighted by Crippen LogP contribution is 2.25. The lowest BCUT2D eigenvalue weighted by Gasteiger charge is -2.01. The van der Waals surface area contributed by atoms with Gasteiger partial charge in [-0.2, -0.15) is 14.7 Å². The fourth-order valence-corrected chi connectivity index (χ4v) is 3.30. The van der Waals surface area contributed by atoms with E-state index in [0.29, 0.717) is 6.42 Å². The highest BCUT2D eigenvalue weighted by atomic mass is 32.1. The van der Waals surface area contributed by atoms with Crippen LogP contribution in [0.15, 0.2) is 36.5 Å². The Morgan fingerprint density at radius 2 is 1.96 bits per heavy atom. The Bertz CT molecular complexity index is 952. The van der Waals surface area contributed by atoms with Crippen molar-refractivity contribution in [2.75, 3.05) is 7.11 Å². The SMILES string of the molecule is COc1ccc(Cc2nnc3sc(-c4ccnn4C)nn23)cc1. The molecule has 0 bridgehead atoms. The zero-order valence-electron chi connectivity index (χ0n) is 12.7. The van der Waals surface area contributed by atoms with Crippen LogP contribution >= 0.6 is 11.3 Å². The molecule has 4 rings (SSSR count). The zero-order chi connectivity index (χ0) is 15.8. The molecule has 4 aromatic rings. The fraction of sp³-hybridized carbons (Fsp3) is 0.200. The molecule has 116 valence electrons. The van der Waals surface area contributed by atoms with E-state index in [4.69, 9.17) is 4.74 Å². The molecule has 8 heteroatoms. The molecule has 0 unspecified atom stereocenters. The number of aryl methyl sites for hydroxylation is 1. The van der Waals surface area contributed by atoms with Gasteiger partial charge < -0.3 is 4.74 Å². The summed E-state index contributed by atoms with van der Waals surface area (Å²) in [5, 5.41) is 18.2. The number of ether oxygens (including phenoxy) is 1. The minimum atomic E-state index is 0.666. The van der Waals surface area contributed by atoms with Crippen molar-refractivity contribution >= 4 is 16.3 Å². The van der Waals surface area contributed by atoms with Gasteiger partial charge in [-0.05, 0) is 23.8 Å². The van der Waals surface area contributed by atoms with Gasteiger partial charge >= 0.3 is 0 Å². The normalized spacial score (nSPS) is 11.2. The molecule has 0 fully saturated rings. The summed E-state index contributed by atoms with van der Waals surface area (Å²) in [7, 11) is 3.56. The van der Waals surface area contributed by atoms with Crippen molar-refractivity contribution < 1.29 is 4.74 Å². The zero-order valence-corrected chi connectivity index (χ0v) is 13.5. The van der Waals surface area contributed by atoms with Gasteiger partial charge in [0.25, 0.3) is 0 Å². The Morgan fingerprint density at radius 1 is 1.13 bits per heavy atom. The summed E-state index contributed by atoms with van der Waals surface area (Å²) < 4.78 is 8.78. The average Bonchev–Trinajstić information content (AvgIpc) is 3.25. The highest BCUT2D eigenvalue weighted by Gasteiger charge is 2.15. The minimum Gasteiger partial charge on any atom is -0.497 e. The number of nitrogens with zero attached hydrogens (tertiary/aromatic N) is 6. The Balaban J connectivity index is 1.67. The van der Waals surface area contributed by atoms with Crippen molar-refractivity contribution in [1.82, 2.24) is 29.6 Å². The Labute approximate surface area is 136 Å².